The normalized spacial score (nSPS) is 34.1. The van der Waals surface area contributed by atoms with Crippen LogP contribution in [0.15, 0.2) is 30.5 Å². The van der Waals surface area contributed by atoms with Crippen molar-refractivity contribution in [3.05, 3.63) is 36.2 Å². The van der Waals surface area contributed by atoms with Crippen LogP contribution in [0, 0.1) is 0 Å². The maximum absolute atomic E-state index is 12.2. The summed E-state index contributed by atoms with van der Waals surface area (Å²) in [7, 11) is 0. The van der Waals surface area contributed by atoms with Gasteiger partial charge in [0.1, 0.15) is 12.7 Å². The van der Waals surface area contributed by atoms with Gasteiger partial charge in [-0.15, -0.1) is 0 Å². The lowest BCUT2D eigenvalue weighted by Gasteiger charge is -2.42. The van der Waals surface area contributed by atoms with Crippen LogP contribution in [0.25, 0.3) is 11.0 Å². The zero-order valence-corrected chi connectivity index (χ0v) is 19.1. The Hall–Kier alpha value is -2.25. The molecule has 0 saturated carbocycles. The van der Waals surface area contributed by atoms with E-state index in [-0.39, 0.29) is 25.3 Å². The van der Waals surface area contributed by atoms with Crippen LogP contribution in [-0.4, -0.2) is 88.5 Å². The van der Waals surface area contributed by atoms with Crippen LogP contribution in [0.4, 0.5) is 0 Å². The summed E-state index contributed by atoms with van der Waals surface area (Å²) in [6.45, 7) is 3.56. The molecule has 2 aliphatic rings. The summed E-state index contributed by atoms with van der Waals surface area (Å²) in [5.41, 5.74) is 7.35. The fourth-order valence-corrected chi connectivity index (χ4v) is 4.12. The topological polar surface area (TPSA) is 155 Å². The summed E-state index contributed by atoms with van der Waals surface area (Å²) >= 11 is 0. The molecule has 34 heavy (non-hydrogen) atoms. The number of carbonyl (C=O) groups excluding carboxylic acids is 1. The van der Waals surface area contributed by atoms with Crippen LogP contribution in [0.5, 0.6) is 0 Å². The molecule has 8 atom stereocenters. The Labute approximate surface area is 197 Å². The number of para-hydroxylation sites is 2. The van der Waals surface area contributed by atoms with Crippen LogP contribution in [0.1, 0.15) is 37.2 Å². The first-order valence-electron chi connectivity index (χ1n) is 11.4. The van der Waals surface area contributed by atoms with Crippen LogP contribution in [-0.2, 0) is 23.7 Å². The van der Waals surface area contributed by atoms with E-state index in [0.29, 0.717) is 17.5 Å². The van der Waals surface area contributed by atoms with Gasteiger partial charge in [0, 0.05) is 18.9 Å². The number of fused-ring (bicyclic) bond motifs is 1. The van der Waals surface area contributed by atoms with Gasteiger partial charge in [-0.3, -0.25) is 4.98 Å². The first-order valence-corrected chi connectivity index (χ1v) is 11.4. The summed E-state index contributed by atoms with van der Waals surface area (Å²) in [5.74, 6) is -0.599. The van der Waals surface area contributed by atoms with E-state index in [1.165, 1.54) is 6.20 Å². The summed E-state index contributed by atoms with van der Waals surface area (Å²) < 4.78 is 28.2. The van der Waals surface area contributed by atoms with Crippen LogP contribution in [0.3, 0.4) is 0 Å². The summed E-state index contributed by atoms with van der Waals surface area (Å²) in [6.07, 6.45) is -2.66. The second-order valence-corrected chi connectivity index (χ2v) is 8.59. The molecule has 0 spiro atoms. The number of esters is 1. The quantitative estimate of drug-likeness (QED) is 0.377. The van der Waals surface area contributed by atoms with Gasteiger partial charge in [-0.25, -0.2) is 9.78 Å². The standard InChI is InChI=1S/C23H31N3O8/c1-12-21(28)14(24)9-20(32-12)34-22-13(2)33-19(10-18(22)27)30-7-8-31-23(29)17-11-25-15-5-3-4-6-16(15)26-17/h3-6,11-14,18-22,27-28H,7-10,24H2,1-2H3/t12?,13?,14?,18?,19-,20+,21?,22?/m0/s1. The van der Waals surface area contributed by atoms with Gasteiger partial charge < -0.3 is 39.6 Å². The summed E-state index contributed by atoms with van der Waals surface area (Å²) in [5, 5.41) is 20.5. The Kier molecular flexibility index (Phi) is 8.04. The van der Waals surface area contributed by atoms with Crippen molar-refractivity contribution in [2.24, 2.45) is 5.73 Å². The van der Waals surface area contributed by atoms with Crippen LogP contribution < -0.4 is 5.73 Å². The van der Waals surface area contributed by atoms with E-state index >= 15 is 0 Å². The van der Waals surface area contributed by atoms with Crippen LogP contribution >= 0.6 is 0 Å². The molecule has 6 unspecified atom stereocenters. The molecular weight excluding hydrogens is 446 g/mol. The third-order valence-corrected chi connectivity index (χ3v) is 5.98. The van der Waals surface area contributed by atoms with E-state index in [4.69, 9.17) is 29.4 Å². The monoisotopic (exact) mass is 477 g/mol. The van der Waals surface area contributed by atoms with E-state index in [0.717, 1.165) is 0 Å². The van der Waals surface area contributed by atoms with Crippen molar-refractivity contribution in [2.45, 2.75) is 75.8 Å². The molecule has 0 radical (unpaired) electrons. The van der Waals surface area contributed by atoms with Gasteiger partial charge in [0.05, 0.1) is 48.3 Å². The number of rotatable bonds is 7. The third kappa shape index (κ3) is 5.87. The smallest absolute Gasteiger partial charge is 0.358 e. The average molecular weight is 478 g/mol. The highest BCUT2D eigenvalue weighted by molar-refractivity contribution is 5.89. The van der Waals surface area contributed by atoms with Crippen molar-refractivity contribution >= 4 is 17.0 Å². The van der Waals surface area contributed by atoms with E-state index in [2.05, 4.69) is 9.97 Å². The molecule has 3 heterocycles. The number of ether oxygens (including phenoxy) is 5. The lowest BCUT2D eigenvalue weighted by atomic mass is 9.99. The maximum atomic E-state index is 12.2. The maximum Gasteiger partial charge on any atom is 0.358 e. The molecule has 186 valence electrons. The Morgan fingerprint density at radius 1 is 1.09 bits per heavy atom. The molecule has 0 aliphatic carbocycles. The van der Waals surface area contributed by atoms with Crippen LogP contribution in [0.2, 0.25) is 0 Å². The van der Waals surface area contributed by atoms with E-state index in [1.807, 2.05) is 18.2 Å². The minimum atomic E-state index is -0.855. The number of hydrogen-bond donors (Lipinski definition) is 3. The highest BCUT2D eigenvalue weighted by atomic mass is 16.7. The number of carbonyl (C=O) groups is 1. The zero-order chi connectivity index (χ0) is 24.2. The van der Waals surface area contributed by atoms with Gasteiger partial charge in [-0.1, -0.05) is 12.1 Å². The molecule has 1 aromatic heterocycles. The van der Waals surface area contributed by atoms with Crippen molar-refractivity contribution in [3.63, 3.8) is 0 Å². The van der Waals surface area contributed by atoms with Gasteiger partial charge in [0.15, 0.2) is 18.3 Å². The Morgan fingerprint density at radius 3 is 2.56 bits per heavy atom. The minimum absolute atomic E-state index is 0.00831. The highest BCUT2D eigenvalue weighted by Crippen LogP contribution is 2.28. The molecule has 2 saturated heterocycles. The van der Waals surface area contributed by atoms with E-state index in [1.54, 1.807) is 19.9 Å². The SMILES string of the molecule is CC1O[C@H](OC2C(O)C[C@@H](OCCOC(=O)c3cnc4ccccc4n3)OC2C)CC(N)C1O. The number of aromatic nitrogens is 2. The largest absolute Gasteiger partial charge is 0.458 e. The minimum Gasteiger partial charge on any atom is -0.458 e. The van der Waals surface area contributed by atoms with Crippen molar-refractivity contribution in [1.29, 1.82) is 0 Å². The summed E-state index contributed by atoms with van der Waals surface area (Å²) in [4.78, 5) is 20.7. The molecule has 11 heteroatoms. The van der Waals surface area contributed by atoms with Gasteiger partial charge >= 0.3 is 5.97 Å². The van der Waals surface area contributed by atoms with Crippen molar-refractivity contribution < 1.29 is 38.7 Å². The van der Waals surface area contributed by atoms with Gasteiger partial charge in [0.2, 0.25) is 0 Å². The molecule has 1 aromatic carbocycles. The fraction of sp³-hybridized carbons (Fsp3) is 0.609. The molecule has 0 amide bonds. The molecule has 11 nitrogen and oxygen atoms in total. The average Bonchev–Trinajstić information content (AvgIpc) is 2.82. The Morgan fingerprint density at radius 2 is 1.82 bits per heavy atom. The number of aliphatic hydroxyl groups is 2. The second kappa shape index (κ2) is 11.0. The fourth-order valence-electron chi connectivity index (χ4n) is 4.12. The molecule has 4 rings (SSSR count). The van der Waals surface area contributed by atoms with Gasteiger partial charge in [-0.05, 0) is 26.0 Å². The first kappa shape index (κ1) is 24.9. The number of aliphatic hydroxyl groups excluding tert-OH is 2. The van der Waals surface area contributed by atoms with E-state index in [9.17, 15) is 15.0 Å². The number of nitrogens with zero attached hydrogens (tertiary/aromatic N) is 2. The molecular formula is C23H31N3O8. The predicted molar refractivity (Wildman–Crippen MR) is 119 cm³/mol. The third-order valence-electron chi connectivity index (χ3n) is 5.98. The zero-order valence-electron chi connectivity index (χ0n) is 19.1. The molecule has 2 fully saturated rings. The molecule has 2 aromatic rings. The first-order chi connectivity index (χ1) is 16.3. The van der Waals surface area contributed by atoms with Gasteiger partial charge in [0.25, 0.3) is 0 Å². The molecule has 2 aliphatic heterocycles. The summed E-state index contributed by atoms with van der Waals surface area (Å²) in [6, 6.07) is 6.77. The lowest BCUT2D eigenvalue weighted by Crippen LogP contribution is -2.55. The second-order valence-electron chi connectivity index (χ2n) is 8.59. The van der Waals surface area contributed by atoms with Crippen molar-refractivity contribution in [3.8, 4) is 0 Å². The highest BCUT2D eigenvalue weighted by Gasteiger charge is 2.41. The Balaban J connectivity index is 1.20. The Bertz CT molecular complexity index is 954. The predicted octanol–water partition coefficient (Wildman–Crippen LogP) is 0.507. The number of hydrogen-bond acceptors (Lipinski definition) is 11. The molecule has 0 bridgehead atoms. The number of nitrogens with two attached hydrogens (primary N) is 1. The number of benzene rings is 1. The van der Waals surface area contributed by atoms with Crippen molar-refractivity contribution in [2.75, 3.05) is 13.2 Å². The van der Waals surface area contributed by atoms with Gasteiger partial charge in [-0.2, -0.15) is 0 Å². The van der Waals surface area contributed by atoms with E-state index < -0.39 is 55.1 Å². The van der Waals surface area contributed by atoms with Crippen molar-refractivity contribution in [1.82, 2.24) is 9.97 Å². The lowest BCUT2D eigenvalue weighted by molar-refractivity contribution is -0.304. The molecule has 4 N–H and O–H groups in total.